The maximum Gasteiger partial charge on any atom is 0.109 e. The molecule has 0 N–H and O–H groups in total. The van der Waals surface area contributed by atoms with Crippen molar-refractivity contribution in [3.8, 4) is 0 Å². The van der Waals surface area contributed by atoms with E-state index >= 15 is 0 Å². The van der Waals surface area contributed by atoms with Crippen LogP contribution in [-0.4, -0.2) is 19.5 Å². The molecule has 0 amide bonds. The van der Waals surface area contributed by atoms with Gasteiger partial charge >= 0.3 is 0 Å². The van der Waals surface area contributed by atoms with Crippen molar-refractivity contribution >= 4 is 41.1 Å². The van der Waals surface area contributed by atoms with E-state index < -0.39 is 8.80 Å². The summed E-state index contributed by atoms with van der Waals surface area (Å²) < 4.78 is 6.52. The van der Waals surface area contributed by atoms with Gasteiger partial charge in [0.15, 0.2) is 0 Å². The second-order valence-electron chi connectivity index (χ2n) is 4.64. The standard InChI is InChI=1S/C11H23OS3Si/c1-4-11(14-15-13,16(2)3)12-10-8-6-5-7-9-10/h10,13H,4-9H2,1-3H3. The lowest BCUT2D eigenvalue weighted by atomic mass is 9.98. The average Bonchev–Trinajstić information content (AvgIpc) is 2.29. The highest BCUT2D eigenvalue weighted by atomic mass is 33.5. The Morgan fingerprint density at radius 3 is 2.38 bits per heavy atom. The van der Waals surface area contributed by atoms with Gasteiger partial charge in [0.05, 0.1) is 14.9 Å². The van der Waals surface area contributed by atoms with Gasteiger partial charge in [0.1, 0.15) is 4.56 Å². The van der Waals surface area contributed by atoms with Gasteiger partial charge in [-0.2, -0.15) is 0 Å². The number of hydrogen-bond donors (Lipinski definition) is 1. The predicted octanol–water partition coefficient (Wildman–Crippen LogP) is 4.96. The van der Waals surface area contributed by atoms with Crippen LogP contribution in [-0.2, 0) is 4.74 Å². The van der Waals surface area contributed by atoms with Gasteiger partial charge in [0, 0.05) is 0 Å². The second-order valence-corrected chi connectivity index (χ2v) is 11.1. The highest BCUT2D eigenvalue weighted by Crippen LogP contribution is 2.45. The monoisotopic (exact) mass is 295 g/mol. The first kappa shape index (κ1) is 15.3. The van der Waals surface area contributed by atoms with Crippen LogP contribution < -0.4 is 0 Å². The highest BCUT2D eigenvalue weighted by Gasteiger charge is 2.37. The van der Waals surface area contributed by atoms with Gasteiger partial charge in [-0.15, -0.1) is 0 Å². The van der Waals surface area contributed by atoms with Gasteiger partial charge in [0.2, 0.25) is 0 Å². The smallest absolute Gasteiger partial charge is 0.109 e. The summed E-state index contributed by atoms with van der Waals surface area (Å²) in [5, 5.41) is 0. The third kappa shape index (κ3) is 4.16. The molecule has 1 fully saturated rings. The van der Waals surface area contributed by atoms with Crippen LogP contribution >= 0.6 is 32.3 Å². The van der Waals surface area contributed by atoms with Gasteiger partial charge < -0.3 is 4.74 Å². The van der Waals surface area contributed by atoms with Crippen molar-refractivity contribution < 1.29 is 4.74 Å². The first-order chi connectivity index (χ1) is 7.64. The van der Waals surface area contributed by atoms with Crippen molar-refractivity contribution in [2.24, 2.45) is 0 Å². The molecule has 5 heteroatoms. The lowest BCUT2D eigenvalue weighted by Crippen LogP contribution is -2.43. The van der Waals surface area contributed by atoms with Crippen molar-refractivity contribution in [2.45, 2.75) is 69.2 Å². The Morgan fingerprint density at radius 1 is 1.31 bits per heavy atom. The molecule has 0 heterocycles. The summed E-state index contributed by atoms with van der Waals surface area (Å²) >= 11 is 4.30. The zero-order chi connectivity index (χ0) is 12.0. The average molecular weight is 296 g/mol. The second kappa shape index (κ2) is 7.62. The molecule has 0 saturated heterocycles. The zero-order valence-corrected chi connectivity index (χ0v) is 14.0. The lowest BCUT2D eigenvalue weighted by molar-refractivity contribution is -0.0132. The van der Waals surface area contributed by atoms with Crippen LogP contribution in [0.15, 0.2) is 0 Å². The topological polar surface area (TPSA) is 9.23 Å². The lowest BCUT2D eigenvalue weighted by Gasteiger charge is -2.39. The van der Waals surface area contributed by atoms with E-state index in [9.17, 15) is 0 Å². The molecule has 1 saturated carbocycles. The SMILES string of the molecule is CCC(OC1CCCCC1)(SSS)[Si](C)C. The molecule has 1 atom stereocenters. The molecule has 1 aliphatic carbocycles. The Bertz CT molecular complexity index is 198. The van der Waals surface area contributed by atoms with E-state index in [0.29, 0.717) is 6.10 Å². The van der Waals surface area contributed by atoms with Crippen LogP contribution in [0.1, 0.15) is 45.4 Å². The molecule has 0 bridgehead atoms. The van der Waals surface area contributed by atoms with Crippen LogP contribution in [0, 0.1) is 0 Å². The van der Waals surface area contributed by atoms with Gasteiger partial charge in [-0.25, -0.2) is 0 Å². The van der Waals surface area contributed by atoms with Gasteiger partial charge in [-0.3, -0.25) is 0 Å². The third-order valence-electron chi connectivity index (χ3n) is 3.31. The minimum atomic E-state index is -0.473. The highest BCUT2D eigenvalue weighted by molar-refractivity contribution is 9.05. The molecule has 1 rings (SSSR count). The molecule has 1 aliphatic rings. The van der Waals surface area contributed by atoms with Crippen molar-refractivity contribution in [2.75, 3.05) is 0 Å². The molecule has 0 aromatic rings. The van der Waals surface area contributed by atoms with E-state index in [0.717, 1.165) is 6.42 Å². The fraction of sp³-hybridized carbons (Fsp3) is 1.00. The minimum absolute atomic E-state index is 0.0547. The molecule has 0 spiro atoms. The Balaban J connectivity index is 2.60. The molecule has 0 aromatic heterocycles. The predicted molar refractivity (Wildman–Crippen MR) is 82.6 cm³/mol. The number of rotatable bonds is 6. The summed E-state index contributed by atoms with van der Waals surface area (Å²) in [6, 6.07) is 0. The first-order valence-electron chi connectivity index (χ1n) is 6.12. The molecule has 0 aromatic carbocycles. The summed E-state index contributed by atoms with van der Waals surface area (Å²) in [6.07, 6.45) is 8.20. The van der Waals surface area contributed by atoms with E-state index in [-0.39, 0.29) is 4.56 Å². The Hall–Kier alpha value is 1.23. The molecule has 1 radical (unpaired) electrons. The molecule has 1 nitrogen and oxygen atoms in total. The van der Waals surface area contributed by atoms with Crippen LogP contribution in [0.2, 0.25) is 13.1 Å². The van der Waals surface area contributed by atoms with Crippen molar-refractivity contribution in [1.29, 1.82) is 0 Å². The zero-order valence-electron chi connectivity index (χ0n) is 10.5. The van der Waals surface area contributed by atoms with Crippen LogP contribution in [0.4, 0.5) is 0 Å². The molecule has 0 aliphatic heterocycles. The molecule has 95 valence electrons. The van der Waals surface area contributed by atoms with Gasteiger partial charge in [-0.1, -0.05) is 61.7 Å². The number of hydrogen-bond acceptors (Lipinski definition) is 4. The molecule has 1 unspecified atom stereocenters. The minimum Gasteiger partial charge on any atom is -0.364 e. The Labute approximate surface area is 115 Å². The number of thiol groups is 1. The molecular formula is C11H23OS3Si. The fourth-order valence-corrected chi connectivity index (χ4v) is 8.84. The Kier molecular flexibility index (Phi) is 7.28. The first-order valence-corrected chi connectivity index (χ1v) is 11.8. The van der Waals surface area contributed by atoms with Crippen molar-refractivity contribution in [3.63, 3.8) is 0 Å². The van der Waals surface area contributed by atoms with E-state index in [4.69, 9.17) is 4.74 Å². The normalized spacial score (nSPS) is 22.3. The van der Waals surface area contributed by atoms with Crippen LogP contribution in [0.3, 0.4) is 0 Å². The van der Waals surface area contributed by atoms with Crippen molar-refractivity contribution in [3.05, 3.63) is 0 Å². The summed E-state index contributed by atoms with van der Waals surface area (Å²) in [6.45, 7) is 6.96. The molecular weight excluding hydrogens is 272 g/mol. The summed E-state index contributed by atoms with van der Waals surface area (Å²) in [5.41, 5.74) is 0. The summed E-state index contributed by atoms with van der Waals surface area (Å²) in [7, 11) is 2.92. The van der Waals surface area contributed by atoms with Gasteiger partial charge in [-0.05, 0) is 29.1 Å². The van der Waals surface area contributed by atoms with E-state index in [1.54, 1.807) is 9.83 Å². The number of ether oxygens (including phenoxy) is 1. The van der Waals surface area contributed by atoms with Crippen LogP contribution in [0.25, 0.3) is 0 Å². The fourth-order valence-electron chi connectivity index (χ4n) is 2.23. The van der Waals surface area contributed by atoms with E-state index in [1.165, 1.54) is 32.1 Å². The largest absolute Gasteiger partial charge is 0.364 e. The van der Waals surface area contributed by atoms with Crippen molar-refractivity contribution in [1.82, 2.24) is 0 Å². The quantitative estimate of drug-likeness (QED) is 0.321. The van der Waals surface area contributed by atoms with E-state index in [1.807, 2.05) is 10.8 Å². The van der Waals surface area contributed by atoms with Crippen LogP contribution in [0.5, 0.6) is 0 Å². The Morgan fingerprint density at radius 2 is 1.94 bits per heavy atom. The maximum absolute atomic E-state index is 6.47. The summed E-state index contributed by atoms with van der Waals surface area (Å²) in [5.74, 6) is 0. The van der Waals surface area contributed by atoms with E-state index in [2.05, 4.69) is 31.7 Å². The molecule has 16 heavy (non-hydrogen) atoms. The maximum atomic E-state index is 6.47. The summed E-state index contributed by atoms with van der Waals surface area (Å²) in [4.78, 5) is 0. The third-order valence-corrected chi connectivity index (χ3v) is 9.71. The van der Waals surface area contributed by atoms with Gasteiger partial charge in [0.25, 0.3) is 0 Å².